The summed E-state index contributed by atoms with van der Waals surface area (Å²) in [6, 6.07) is 0. The summed E-state index contributed by atoms with van der Waals surface area (Å²) in [5, 5.41) is 10.5. The summed E-state index contributed by atoms with van der Waals surface area (Å²) in [7, 11) is 0. The van der Waals surface area contributed by atoms with Gasteiger partial charge in [0.1, 0.15) is 0 Å². The molecule has 0 amide bonds. The van der Waals surface area contributed by atoms with Crippen molar-refractivity contribution in [3.8, 4) is 0 Å². The van der Waals surface area contributed by atoms with Crippen molar-refractivity contribution in [2.24, 2.45) is 23.7 Å². The molecule has 6 unspecified atom stereocenters. The molecule has 3 aliphatic rings. The Morgan fingerprint density at radius 2 is 1.81 bits per heavy atom. The summed E-state index contributed by atoms with van der Waals surface area (Å²) in [5.74, 6) is 2.33. The van der Waals surface area contributed by atoms with Crippen LogP contribution in [0.4, 0.5) is 0 Å². The van der Waals surface area contributed by atoms with Crippen LogP contribution in [0.2, 0.25) is 0 Å². The highest BCUT2D eigenvalue weighted by Gasteiger charge is 2.53. The van der Waals surface area contributed by atoms with E-state index in [2.05, 4.69) is 13.8 Å². The molecular weight excluding hydrogens is 200 g/mol. The smallest absolute Gasteiger partial charge is 0.0661 e. The van der Waals surface area contributed by atoms with E-state index < -0.39 is 0 Å². The molecule has 16 heavy (non-hydrogen) atoms. The lowest BCUT2D eigenvalue weighted by molar-refractivity contribution is -0.00105. The molecule has 0 aromatic rings. The van der Waals surface area contributed by atoms with Crippen molar-refractivity contribution in [1.29, 1.82) is 0 Å². The minimum absolute atomic E-state index is 0.0903. The molecule has 2 saturated heterocycles. The largest absolute Gasteiger partial charge is 0.392 e. The molecule has 92 valence electrons. The molecule has 1 saturated carbocycles. The van der Waals surface area contributed by atoms with E-state index in [9.17, 15) is 5.11 Å². The van der Waals surface area contributed by atoms with Crippen LogP contribution in [0.3, 0.4) is 0 Å². The Bertz CT molecular complexity index is 257. The van der Waals surface area contributed by atoms with Gasteiger partial charge in [-0.15, -0.1) is 0 Å². The summed E-state index contributed by atoms with van der Waals surface area (Å²) in [6.45, 7) is 4.59. The van der Waals surface area contributed by atoms with E-state index in [4.69, 9.17) is 4.74 Å². The molecule has 0 spiro atoms. The first-order chi connectivity index (χ1) is 7.68. The van der Waals surface area contributed by atoms with Crippen LogP contribution in [0.15, 0.2) is 0 Å². The second-order valence-corrected chi connectivity index (χ2v) is 6.29. The second kappa shape index (κ2) is 3.99. The van der Waals surface area contributed by atoms with Gasteiger partial charge in [-0.2, -0.15) is 0 Å². The zero-order valence-corrected chi connectivity index (χ0v) is 10.4. The highest BCUT2D eigenvalue weighted by atomic mass is 16.5. The third-order valence-corrected chi connectivity index (χ3v) is 5.51. The maximum Gasteiger partial charge on any atom is 0.0661 e. The number of rotatable bonds is 2. The molecule has 6 atom stereocenters. The first-order valence-electron chi connectivity index (χ1n) is 7.02. The first kappa shape index (κ1) is 11.0. The summed E-state index contributed by atoms with van der Waals surface area (Å²) in [4.78, 5) is 0. The zero-order valence-electron chi connectivity index (χ0n) is 10.4. The Labute approximate surface area is 98.4 Å². The van der Waals surface area contributed by atoms with Gasteiger partial charge in [-0.1, -0.05) is 26.7 Å². The molecule has 2 heteroatoms. The van der Waals surface area contributed by atoms with E-state index in [0.717, 1.165) is 6.42 Å². The van der Waals surface area contributed by atoms with Gasteiger partial charge in [0.15, 0.2) is 0 Å². The van der Waals surface area contributed by atoms with Gasteiger partial charge in [0.25, 0.3) is 0 Å². The fourth-order valence-corrected chi connectivity index (χ4v) is 4.23. The lowest BCUT2D eigenvalue weighted by atomic mass is 9.71. The molecule has 0 radical (unpaired) electrons. The Morgan fingerprint density at radius 3 is 2.38 bits per heavy atom. The van der Waals surface area contributed by atoms with Crippen LogP contribution in [0, 0.1) is 23.7 Å². The van der Waals surface area contributed by atoms with Crippen LogP contribution < -0.4 is 0 Å². The molecule has 3 fully saturated rings. The molecule has 2 bridgehead atoms. The van der Waals surface area contributed by atoms with Gasteiger partial charge in [0, 0.05) is 5.92 Å². The van der Waals surface area contributed by atoms with Crippen molar-refractivity contribution in [2.75, 3.05) is 0 Å². The van der Waals surface area contributed by atoms with Crippen LogP contribution in [0.25, 0.3) is 0 Å². The molecule has 0 aromatic carbocycles. The minimum atomic E-state index is -0.0903. The van der Waals surface area contributed by atoms with E-state index in [0.29, 0.717) is 35.9 Å². The van der Waals surface area contributed by atoms with E-state index in [1.807, 2.05) is 0 Å². The average Bonchev–Trinajstić information content (AvgIpc) is 2.97. The van der Waals surface area contributed by atoms with Crippen molar-refractivity contribution in [3.05, 3.63) is 0 Å². The summed E-state index contributed by atoms with van der Waals surface area (Å²) in [5.41, 5.74) is 0. The maximum atomic E-state index is 10.5. The van der Waals surface area contributed by atoms with Crippen LogP contribution in [0.5, 0.6) is 0 Å². The van der Waals surface area contributed by atoms with E-state index in [-0.39, 0.29) is 6.10 Å². The minimum Gasteiger partial charge on any atom is -0.392 e. The third kappa shape index (κ3) is 1.53. The third-order valence-electron chi connectivity index (χ3n) is 5.51. The molecule has 2 aliphatic heterocycles. The standard InChI is InChI=1S/C14H24O2/c1-8-9(2)14-11(7-12(8)16-14)13(15)10-5-3-4-6-10/h8-15H,3-7H2,1-2H3. The molecule has 1 N–H and O–H groups in total. The Kier molecular flexibility index (Phi) is 2.75. The highest BCUT2D eigenvalue weighted by Crippen LogP contribution is 2.49. The van der Waals surface area contributed by atoms with Gasteiger partial charge in [-0.25, -0.2) is 0 Å². The van der Waals surface area contributed by atoms with Gasteiger partial charge in [0.2, 0.25) is 0 Å². The van der Waals surface area contributed by atoms with Crippen LogP contribution in [-0.2, 0) is 4.74 Å². The fraction of sp³-hybridized carbons (Fsp3) is 1.00. The Morgan fingerprint density at radius 1 is 1.12 bits per heavy atom. The number of fused-ring (bicyclic) bond motifs is 2. The number of aliphatic hydroxyl groups excluding tert-OH is 1. The molecular formula is C14H24O2. The van der Waals surface area contributed by atoms with Crippen molar-refractivity contribution in [3.63, 3.8) is 0 Å². The van der Waals surface area contributed by atoms with E-state index in [1.54, 1.807) is 0 Å². The monoisotopic (exact) mass is 224 g/mol. The van der Waals surface area contributed by atoms with Crippen molar-refractivity contribution >= 4 is 0 Å². The predicted octanol–water partition coefficient (Wildman–Crippen LogP) is 2.60. The first-order valence-corrected chi connectivity index (χ1v) is 7.02. The SMILES string of the molecule is CC1C2CC(C(O)C3CCCC3)C(O2)C1C. The lowest BCUT2D eigenvalue weighted by Crippen LogP contribution is -2.39. The van der Waals surface area contributed by atoms with Gasteiger partial charge in [0.05, 0.1) is 18.3 Å². The maximum absolute atomic E-state index is 10.5. The van der Waals surface area contributed by atoms with E-state index in [1.165, 1.54) is 25.7 Å². The summed E-state index contributed by atoms with van der Waals surface area (Å²) < 4.78 is 6.03. The van der Waals surface area contributed by atoms with E-state index >= 15 is 0 Å². The molecule has 2 nitrogen and oxygen atoms in total. The molecule has 0 aromatic heterocycles. The average molecular weight is 224 g/mol. The summed E-state index contributed by atoms with van der Waals surface area (Å²) in [6.07, 6.45) is 6.89. The number of ether oxygens (including phenoxy) is 1. The lowest BCUT2D eigenvalue weighted by Gasteiger charge is -2.33. The van der Waals surface area contributed by atoms with Gasteiger partial charge < -0.3 is 9.84 Å². The number of hydrogen-bond acceptors (Lipinski definition) is 2. The quantitative estimate of drug-likeness (QED) is 0.781. The number of hydrogen-bond donors (Lipinski definition) is 1. The summed E-state index contributed by atoms with van der Waals surface area (Å²) >= 11 is 0. The molecule has 3 rings (SSSR count). The predicted molar refractivity (Wildman–Crippen MR) is 63.1 cm³/mol. The number of aliphatic hydroxyl groups is 1. The zero-order chi connectivity index (χ0) is 11.3. The van der Waals surface area contributed by atoms with Crippen LogP contribution >= 0.6 is 0 Å². The van der Waals surface area contributed by atoms with Crippen molar-refractivity contribution in [1.82, 2.24) is 0 Å². The Hall–Kier alpha value is -0.0800. The van der Waals surface area contributed by atoms with Crippen LogP contribution in [-0.4, -0.2) is 23.4 Å². The van der Waals surface area contributed by atoms with Crippen LogP contribution in [0.1, 0.15) is 46.0 Å². The van der Waals surface area contributed by atoms with Crippen molar-refractivity contribution < 1.29 is 9.84 Å². The highest BCUT2D eigenvalue weighted by molar-refractivity contribution is 5.01. The topological polar surface area (TPSA) is 29.5 Å². The van der Waals surface area contributed by atoms with Gasteiger partial charge >= 0.3 is 0 Å². The molecule has 1 aliphatic carbocycles. The van der Waals surface area contributed by atoms with Crippen molar-refractivity contribution in [2.45, 2.75) is 64.3 Å². The Balaban J connectivity index is 1.68. The molecule has 2 heterocycles. The van der Waals surface area contributed by atoms with Gasteiger partial charge in [-0.3, -0.25) is 0 Å². The second-order valence-electron chi connectivity index (χ2n) is 6.29. The fourth-order valence-electron chi connectivity index (χ4n) is 4.23. The van der Waals surface area contributed by atoms with Gasteiger partial charge in [-0.05, 0) is 37.0 Å². The normalized spacial score (nSPS) is 50.1.